The zero-order valence-electron chi connectivity index (χ0n) is 10.7. The van der Waals surface area contributed by atoms with Gasteiger partial charge < -0.3 is 4.90 Å². The third-order valence-electron chi connectivity index (χ3n) is 3.93. The Balaban J connectivity index is 2.08. The molecule has 1 unspecified atom stereocenters. The molecule has 1 nitrogen and oxygen atoms in total. The number of benzene rings is 1. The van der Waals surface area contributed by atoms with Crippen molar-refractivity contribution in [3.05, 3.63) is 29.8 Å². The molecular formula is C15H23N. The molecule has 0 aromatic heterocycles. The molecule has 0 amide bonds. The molecule has 1 fully saturated rings. The first-order valence-corrected chi connectivity index (χ1v) is 6.54. The van der Waals surface area contributed by atoms with Crippen molar-refractivity contribution < 1.29 is 0 Å². The maximum absolute atomic E-state index is 2.56. The second-order valence-corrected chi connectivity index (χ2v) is 5.18. The molecular weight excluding hydrogens is 194 g/mol. The fourth-order valence-electron chi connectivity index (χ4n) is 2.76. The van der Waals surface area contributed by atoms with Crippen LogP contribution in [0.5, 0.6) is 0 Å². The predicted octanol–water partition coefficient (Wildman–Crippen LogP) is 4.01. The number of hydrogen-bond acceptors (Lipinski definition) is 1. The van der Waals surface area contributed by atoms with E-state index in [9.17, 15) is 0 Å². The van der Waals surface area contributed by atoms with Crippen LogP contribution in [0.25, 0.3) is 0 Å². The van der Waals surface area contributed by atoms with E-state index in [4.69, 9.17) is 0 Å². The molecule has 0 saturated carbocycles. The van der Waals surface area contributed by atoms with Gasteiger partial charge in [0.1, 0.15) is 0 Å². The Labute approximate surface area is 99.5 Å². The van der Waals surface area contributed by atoms with Crippen LogP contribution >= 0.6 is 0 Å². The second-order valence-electron chi connectivity index (χ2n) is 5.18. The van der Waals surface area contributed by atoms with E-state index in [0.717, 1.165) is 5.92 Å². The van der Waals surface area contributed by atoms with Gasteiger partial charge >= 0.3 is 0 Å². The van der Waals surface area contributed by atoms with Crippen molar-refractivity contribution in [1.29, 1.82) is 0 Å². The molecule has 0 aliphatic carbocycles. The van der Waals surface area contributed by atoms with Crippen LogP contribution in [-0.4, -0.2) is 12.6 Å². The maximum atomic E-state index is 2.56. The first kappa shape index (κ1) is 11.5. The lowest BCUT2D eigenvalue weighted by atomic mass is 9.89. The fourth-order valence-corrected chi connectivity index (χ4v) is 2.76. The number of aryl methyl sites for hydroxylation is 1. The van der Waals surface area contributed by atoms with E-state index < -0.39 is 0 Å². The second kappa shape index (κ2) is 4.90. The summed E-state index contributed by atoms with van der Waals surface area (Å²) in [4.78, 5) is 2.56. The molecule has 0 radical (unpaired) electrons. The van der Waals surface area contributed by atoms with Gasteiger partial charge in [-0.15, -0.1) is 0 Å². The molecule has 1 heteroatoms. The molecule has 88 valence electrons. The fraction of sp³-hybridized carbons (Fsp3) is 0.600. The molecule has 0 spiro atoms. The van der Waals surface area contributed by atoms with Gasteiger partial charge in [0.05, 0.1) is 0 Å². The Morgan fingerprint density at radius 3 is 2.50 bits per heavy atom. The molecule has 1 aliphatic heterocycles. The van der Waals surface area contributed by atoms with Gasteiger partial charge in [-0.2, -0.15) is 0 Å². The third kappa shape index (κ3) is 2.40. The monoisotopic (exact) mass is 217 g/mol. The summed E-state index contributed by atoms with van der Waals surface area (Å²) in [5, 5.41) is 0. The van der Waals surface area contributed by atoms with Gasteiger partial charge in [-0.1, -0.05) is 31.0 Å². The van der Waals surface area contributed by atoms with Crippen LogP contribution in [0.2, 0.25) is 0 Å². The molecule has 2 rings (SSSR count). The lowest BCUT2D eigenvalue weighted by molar-refractivity contribution is 0.345. The molecule has 1 aromatic rings. The van der Waals surface area contributed by atoms with Gasteiger partial charge in [-0.3, -0.25) is 0 Å². The van der Waals surface area contributed by atoms with Gasteiger partial charge in [0.25, 0.3) is 0 Å². The predicted molar refractivity (Wildman–Crippen MR) is 71.0 cm³/mol. The molecule has 16 heavy (non-hydrogen) atoms. The zero-order chi connectivity index (χ0) is 11.5. The molecule has 1 heterocycles. The van der Waals surface area contributed by atoms with Crippen molar-refractivity contribution in [3.63, 3.8) is 0 Å². The quantitative estimate of drug-likeness (QED) is 0.723. The highest BCUT2D eigenvalue weighted by Gasteiger charge is 2.24. The van der Waals surface area contributed by atoms with Crippen molar-refractivity contribution in [2.24, 2.45) is 5.92 Å². The SMILES string of the molecule is CCC1CCN(c2ccc(C)cc2)[C@@H](C)C1. The molecule has 1 saturated heterocycles. The van der Waals surface area contributed by atoms with Crippen molar-refractivity contribution in [1.82, 2.24) is 0 Å². The Morgan fingerprint density at radius 1 is 1.25 bits per heavy atom. The molecule has 1 aliphatic rings. The minimum absolute atomic E-state index is 0.696. The minimum Gasteiger partial charge on any atom is -0.369 e. The summed E-state index contributed by atoms with van der Waals surface area (Å²) in [7, 11) is 0. The van der Waals surface area contributed by atoms with Gasteiger partial charge in [-0.05, 0) is 44.7 Å². The van der Waals surface area contributed by atoms with Crippen molar-refractivity contribution >= 4 is 5.69 Å². The largest absolute Gasteiger partial charge is 0.369 e. The highest BCUT2D eigenvalue weighted by molar-refractivity contribution is 5.48. The Bertz CT molecular complexity index is 328. The maximum Gasteiger partial charge on any atom is 0.0368 e. The smallest absolute Gasteiger partial charge is 0.0368 e. The van der Waals surface area contributed by atoms with Crippen LogP contribution in [-0.2, 0) is 0 Å². The van der Waals surface area contributed by atoms with Crippen LogP contribution in [0.1, 0.15) is 38.7 Å². The van der Waals surface area contributed by atoms with Crippen LogP contribution in [0, 0.1) is 12.8 Å². The summed E-state index contributed by atoms with van der Waals surface area (Å²) in [6.45, 7) is 8.06. The third-order valence-corrected chi connectivity index (χ3v) is 3.93. The highest BCUT2D eigenvalue weighted by Crippen LogP contribution is 2.29. The van der Waals surface area contributed by atoms with E-state index in [2.05, 4.69) is 49.9 Å². The van der Waals surface area contributed by atoms with Crippen LogP contribution < -0.4 is 4.90 Å². The van der Waals surface area contributed by atoms with E-state index in [1.165, 1.54) is 37.1 Å². The summed E-state index contributed by atoms with van der Waals surface area (Å²) < 4.78 is 0. The molecule has 0 bridgehead atoms. The van der Waals surface area contributed by atoms with Crippen molar-refractivity contribution in [3.8, 4) is 0 Å². The molecule has 2 atom stereocenters. The lowest BCUT2D eigenvalue weighted by Gasteiger charge is -2.39. The van der Waals surface area contributed by atoms with Crippen molar-refractivity contribution in [2.45, 2.75) is 46.1 Å². The zero-order valence-corrected chi connectivity index (χ0v) is 10.7. The number of anilines is 1. The van der Waals surface area contributed by atoms with E-state index in [1.54, 1.807) is 0 Å². The molecule has 1 aromatic carbocycles. The Kier molecular flexibility index (Phi) is 3.52. The summed E-state index contributed by atoms with van der Waals surface area (Å²) in [6.07, 6.45) is 4.05. The highest BCUT2D eigenvalue weighted by atomic mass is 15.2. The number of nitrogens with zero attached hydrogens (tertiary/aromatic N) is 1. The van der Waals surface area contributed by atoms with Crippen LogP contribution in [0.3, 0.4) is 0 Å². The summed E-state index contributed by atoms with van der Waals surface area (Å²) in [5.74, 6) is 0.941. The van der Waals surface area contributed by atoms with E-state index in [-0.39, 0.29) is 0 Å². The van der Waals surface area contributed by atoms with Gasteiger partial charge in [0, 0.05) is 18.3 Å². The first-order valence-electron chi connectivity index (χ1n) is 6.54. The number of hydrogen-bond donors (Lipinski definition) is 0. The normalized spacial score (nSPS) is 25.8. The van der Waals surface area contributed by atoms with Gasteiger partial charge in [0.2, 0.25) is 0 Å². The standard InChI is InChI=1S/C15H23N/c1-4-14-9-10-16(13(3)11-14)15-7-5-12(2)6-8-15/h5-8,13-14H,4,9-11H2,1-3H3/t13-,14?/m0/s1. The first-order chi connectivity index (χ1) is 7.70. The van der Waals surface area contributed by atoms with Crippen LogP contribution in [0.4, 0.5) is 5.69 Å². The summed E-state index contributed by atoms with van der Waals surface area (Å²) in [6, 6.07) is 9.65. The van der Waals surface area contributed by atoms with E-state index in [0.29, 0.717) is 6.04 Å². The summed E-state index contributed by atoms with van der Waals surface area (Å²) >= 11 is 0. The Hall–Kier alpha value is -0.980. The van der Waals surface area contributed by atoms with E-state index in [1.807, 2.05) is 0 Å². The molecule has 0 N–H and O–H groups in total. The number of piperidine rings is 1. The average molecular weight is 217 g/mol. The van der Waals surface area contributed by atoms with Crippen LogP contribution in [0.15, 0.2) is 24.3 Å². The average Bonchev–Trinajstić information content (AvgIpc) is 2.30. The van der Waals surface area contributed by atoms with Crippen molar-refractivity contribution in [2.75, 3.05) is 11.4 Å². The Morgan fingerprint density at radius 2 is 1.94 bits per heavy atom. The van der Waals surface area contributed by atoms with E-state index >= 15 is 0 Å². The summed E-state index contributed by atoms with van der Waals surface area (Å²) in [5.41, 5.74) is 2.74. The minimum atomic E-state index is 0.696. The topological polar surface area (TPSA) is 3.24 Å². The van der Waals surface area contributed by atoms with Gasteiger partial charge in [-0.25, -0.2) is 0 Å². The number of rotatable bonds is 2. The van der Waals surface area contributed by atoms with Gasteiger partial charge in [0.15, 0.2) is 0 Å². The lowest BCUT2D eigenvalue weighted by Crippen LogP contribution is -2.40.